The van der Waals surface area contributed by atoms with Gasteiger partial charge in [-0.2, -0.15) is 0 Å². The quantitative estimate of drug-likeness (QED) is 0.832. The molecule has 0 aliphatic heterocycles. The van der Waals surface area contributed by atoms with Crippen LogP contribution in [0.1, 0.15) is 43.5 Å². The fourth-order valence-corrected chi connectivity index (χ4v) is 2.22. The molecule has 0 atom stereocenters. The predicted molar refractivity (Wildman–Crippen MR) is 81.4 cm³/mol. The zero-order chi connectivity index (χ0) is 13.7. The van der Waals surface area contributed by atoms with E-state index in [2.05, 4.69) is 73.3 Å². The fourth-order valence-electron chi connectivity index (χ4n) is 2.22. The van der Waals surface area contributed by atoms with Crippen molar-refractivity contribution in [1.82, 2.24) is 9.88 Å². The average molecular weight is 256 g/mol. The van der Waals surface area contributed by atoms with Crippen molar-refractivity contribution in [3.05, 3.63) is 59.4 Å². The molecular weight excluding hydrogens is 232 g/mol. The van der Waals surface area contributed by atoms with Gasteiger partial charge in [-0.3, -0.25) is 0 Å². The van der Waals surface area contributed by atoms with Crippen molar-refractivity contribution in [1.29, 1.82) is 0 Å². The van der Waals surface area contributed by atoms with E-state index in [-0.39, 0.29) is 0 Å². The molecule has 0 saturated carbocycles. The molecule has 0 unspecified atom stereocenters. The van der Waals surface area contributed by atoms with Gasteiger partial charge < -0.3 is 9.88 Å². The highest BCUT2D eigenvalue weighted by molar-refractivity contribution is 5.25. The number of nitrogens with zero attached hydrogens (tertiary/aromatic N) is 1. The largest absolute Gasteiger partial charge is 0.346 e. The van der Waals surface area contributed by atoms with E-state index in [1.807, 2.05) is 0 Å². The summed E-state index contributed by atoms with van der Waals surface area (Å²) in [7, 11) is 0. The van der Waals surface area contributed by atoms with E-state index in [9.17, 15) is 0 Å². The van der Waals surface area contributed by atoms with Gasteiger partial charge in [-0.1, -0.05) is 45.0 Å². The van der Waals surface area contributed by atoms with Crippen LogP contribution in [0, 0.1) is 0 Å². The fraction of sp³-hybridized carbons (Fsp3) is 0.412. The van der Waals surface area contributed by atoms with E-state index in [4.69, 9.17) is 0 Å². The maximum Gasteiger partial charge on any atom is 0.0473 e. The third kappa shape index (κ3) is 3.71. The van der Waals surface area contributed by atoms with Crippen molar-refractivity contribution in [3.8, 4) is 0 Å². The first-order valence-electron chi connectivity index (χ1n) is 7.14. The number of hydrogen-bond acceptors (Lipinski definition) is 1. The van der Waals surface area contributed by atoms with Crippen LogP contribution in [0.4, 0.5) is 0 Å². The Hall–Kier alpha value is -1.54. The molecule has 0 radical (unpaired) electrons. The normalized spacial score (nSPS) is 11.2. The van der Waals surface area contributed by atoms with Gasteiger partial charge in [0.15, 0.2) is 0 Å². The van der Waals surface area contributed by atoms with Gasteiger partial charge in [-0.25, -0.2) is 0 Å². The molecule has 1 aromatic heterocycles. The Morgan fingerprint density at radius 3 is 2.47 bits per heavy atom. The van der Waals surface area contributed by atoms with Crippen LogP contribution in [0.15, 0.2) is 42.6 Å². The van der Waals surface area contributed by atoms with E-state index in [1.165, 1.54) is 16.8 Å². The summed E-state index contributed by atoms with van der Waals surface area (Å²) in [6, 6.07) is 13.3. The highest BCUT2D eigenvalue weighted by atomic mass is 15.0. The minimum atomic E-state index is 0.602. The Morgan fingerprint density at radius 1 is 1.11 bits per heavy atom. The second-order valence-corrected chi connectivity index (χ2v) is 5.30. The first-order chi connectivity index (χ1) is 9.20. The molecule has 0 amide bonds. The smallest absolute Gasteiger partial charge is 0.0473 e. The van der Waals surface area contributed by atoms with Gasteiger partial charge in [0.2, 0.25) is 0 Å². The van der Waals surface area contributed by atoms with E-state index >= 15 is 0 Å². The summed E-state index contributed by atoms with van der Waals surface area (Å²) in [5, 5.41) is 3.38. The van der Waals surface area contributed by atoms with E-state index < -0.39 is 0 Å². The first-order valence-corrected chi connectivity index (χ1v) is 7.14. The molecule has 0 saturated heterocycles. The molecule has 2 heteroatoms. The van der Waals surface area contributed by atoms with Crippen LogP contribution in [0.5, 0.6) is 0 Å². The van der Waals surface area contributed by atoms with E-state index in [0.717, 1.165) is 19.6 Å². The zero-order valence-corrected chi connectivity index (χ0v) is 12.2. The Bertz CT molecular complexity index is 494. The number of benzene rings is 1. The summed E-state index contributed by atoms with van der Waals surface area (Å²) in [5.41, 5.74) is 4.11. The molecule has 0 aliphatic carbocycles. The van der Waals surface area contributed by atoms with Crippen LogP contribution in [-0.4, -0.2) is 11.1 Å². The molecule has 19 heavy (non-hydrogen) atoms. The molecule has 0 bridgehead atoms. The third-order valence-electron chi connectivity index (χ3n) is 3.48. The Kier molecular flexibility index (Phi) is 4.80. The molecular formula is C17H24N2. The van der Waals surface area contributed by atoms with Gasteiger partial charge in [0.1, 0.15) is 0 Å². The van der Waals surface area contributed by atoms with Crippen LogP contribution >= 0.6 is 0 Å². The highest BCUT2D eigenvalue weighted by Gasteiger charge is 2.03. The number of hydrogen-bond donors (Lipinski definition) is 1. The molecule has 0 aliphatic rings. The molecule has 2 nitrogen and oxygen atoms in total. The standard InChI is InChI=1S/C17H24N2/c1-4-18-12-17-6-5-11-19(17)13-15-7-9-16(10-8-15)14(2)3/h5-11,14,18H,4,12-13H2,1-3H3. The van der Waals surface area contributed by atoms with Gasteiger partial charge in [-0.05, 0) is 35.7 Å². The lowest BCUT2D eigenvalue weighted by atomic mass is 10.0. The van der Waals surface area contributed by atoms with Crippen LogP contribution in [0.3, 0.4) is 0 Å². The molecule has 2 aromatic rings. The van der Waals surface area contributed by atoms with Gasteiger partial charge in [0.25, 0.3) is 0 Å². The van der Waals surface area contributed by atoms with Crippen molar-refractivity contribution in [2.75, 3.05) is 6.54 Å². The van der Waals surface area contributed by atoms with Crippen molar-refractivity contribution in [2.24, 2.45) is 0 Å². The maximum absolute atomic E-state index is 3.38. The lowest BCUT2D eigenvalue weighted by molar-refractivity contribution is 0.657. The van der Waals surface area contributed by atoms with E-state index in [1.54, 1.807) is 0 Å². The first kappa shape index (κ1) is 13.9. The van der Waals surface area contributed by atoms with Gasteiger partial charge in [0, 0.05) is 25.0 Å². The number of aromatic nitrogens is 1. The Morgan fingerprint density at radius 2 is 1.84 bits per heavy atom. The third-order valence-corrected chi connectivity index (χ3v) is 3.48. The number of rotatable bonds is 6. The molecule has 0 fully saturated rings. The summed E-state index contributed by atoms with van der Waals surface area (Å²) in [6.07, 6.45) is 2.16. The topological polar surface area (TPSA) is 17.0 Å². The summed E-state index contributed by atoms with van der Waals surface area (Å²) < 4.78 is 2.31. The maximum atomic E-state index is 3.38. The minimum absolute atomic E-state index is 0.602. The molecule has 1 heterocycles. The Balaban J connectivity index is 2.06. The highest BCUT2D eigenvalue weighted by Crippen LogP contribution is 2.16. The summed E-state index contributed by atoms with van der Waals surface area (Å²) in [6.45, 7) is 9.50. The molecule has 2 rings (SSSR count). The van der Waals surface area contributed by atoms with Crippen LogP contribution in [0.25, 0.3) is 0 Å². The molecule has 102 valence electrons. The zero-order valence-electron chi connectivity index (χ0n) is 12.2. The van der Waals surface area contributed by atoms with Crippen molar-refractivity contribution in [3.63, 3.8) is 0 Å². The van der Waals surface area contributed by atoms with Crippen molar-refractivity contribution < 1.29 is 0 Å². The molecule has 0 spiro atoms. The Labute approximate surface area is 116 Å². The van der Waals surface area contributed by atoms with Crippen LogP contribution in [0.2, 0.25) is 0 Å². The van der Waals surface area contributed by atoms with Crippen LogP contribution < -0.4 is 5.32 Å². The average Bonchev–Trinajstić information content (AvgIpc) is 2.84. The summed E-state index contributed by atoms with van der Waals surface area (Å²) >= 11 is 0. The van der Waals surface area contributed by atoms with Gasteiger partial charge in [-0.15, -0.1) is 0 Å². The van der Waals surface area contributed by atoms with Crippen molar-refractivity contribution >= 4 is 0 Å². The van der Waals surface area contributed by atoms with Gasteiger partial charge >= 0.3 is 0 Å². The summed E-state index contributed by atoms with van der Waals surface area (Å²) in [4.78, 5) is 0. The number of nitrogens with one attached hydrogen (secondary N) is 1. The van der Waals surface area contributed by atoms with Crippen molar-refractivity contribution in [2.45, 2.75) is 39.8 Å². The van der Waals surface area contributed by atoms with E-state index in [0.29, 0.717) is 5.92 Å². The molecule has 1 aromatic carbocycles. The SMILES string of the molecule is CCNCc1cccn1Cc1ccc(C(C)C)cc1. The predicted octanol–water partition coefficient (Wildman–Crippen LogP) is 3.77. The van der Waals surface area contributed by atoms with Crippen LogP contribution in [-0.2, 0) is 13.1 Å². The lowest BCUT2D eigenvalue weighted by Gasteiger charge is -2.11. The monoisotopic (exact) mass is 256 g/mol. The lowest BCUT2D eigenvalue weighted by Crippen LogP contribution is -2.15. The second-order valence-electron chi connectivity index (χ2n) is 5.30. The minimum Gasteiger partial charge on any atom is -0.346 e. The summed E-state index contributed by atoms with van der Waals surface area (Å²) in [5.74, 6) is 0.602. The molecule has 1 N–H and O–H groups in total. The van der Waals surface area contributed by atoms with Gasteiger partial charge in [0.05, 0.1) is 0 Å². The second kappa shape index (κ2) is 6.58.